The van der Waals surface area contributed by atoms with E-state index in [1.807, 2.05) is 0 Å². The molecule has 0 unspecified atom stereocenters. The van der Waals surface area contributed by atoms with Gasteiger partial charge < -0.3 is 21.5 Å². The molecule has 0 aromatic carbocycles. The third kappa shape index (κ3) is 22.9. The summed E-state index contributed by atoms with van der Waals surface area (Å²) in [5, 5.41) is 0. The molecule has 0 amide bonds. The van der Waals surface area contributed by atoms with Gasteiger partial charge in [0, 0.05) is 0 Å². The Morgan fingerprint density at radius 2 is 0.905 bits per heavy atom. The van der Waals surface area contributed by atoms with Crippen molar-refractivity contribution in [3.8, 4) is 0 Å². The molecule has 0 radical (unpaired) electrons. The van der Waals surface area contributed by atoms with E-state index in [9.17, 15) is 0 Å². The zero-order chi connectivity index (χ0) is 22.6. The topological polar surface area (TPSA) is 0 Å². The highest BCUT2D eigenvalue weighted by atomic mass is 79.9. The van der Waals surface area contributed by atoms with Crippen LogP contribution in [-0.2, 0) is 0 Å². The van der Waals surface area contributed by atoms with Gasteiger partial charge in [0.15, 0.2) is 0 Å². The van der Waals surface area contributed by atoms with Gasteiger partial charge in [0.25, 0.3) is 0 Å². The van der Waals surface area contributed by atoms with Gasteiger partial charge in [0.2, 0.25) is 0 Å². The lowest BCUT2D eigenvalue weighted by molar-refractivity contribution is -0.870. The predicted octanol–water partition coefficient (Wildman–Crippen LogP) is 3.18. The summed E-state index contributed by atoms with van der Waals surface area (Å²) in [7, 11) is 0. The van der Waals surface area contributed by atoms with Gasteiger partial charge >= 0.3 is 0 Å². The maximum atomic E-state index is 7.61. The molecule has 0 aromatic heterocycles. The van der Waals surface area contributed by atoms with E-state index in [1.54, 1.807) is 0 Å². The third-order valence-corrected chi connectivity index (χ3v) is 3.85. The van der Waals surface area contributed by atoms with Gasteiger partial charge in [-0.2, -0.15) is 0 Å². The first-order valence-electron chi connectivity index (χ1n) is 13.2. The number of quaternary nitrogens is 1. The van der Waals surface area contributed by atoms with E-state index in [0.717, 1.165) is 19.3 Å². The minimum absolute atomic E-state index is 0. The molecule has 0 aliphatic carbocycles. The van der Waals surface area contributed by atoms with E-state index < -0.39 is 25.4 Å². The second kappa shape index (κ2) is 16.8. The van der Waals surface area contributed by atoms with Crippen LogP contribution in [0.1, 0.15) is 109 Å². The molecule has 0 rings (SSSR count). The normalized spacial score (nSPS) is 19.6. The van der Waals surface area contributed by atoms with Crippen LogP contribution in [0.25, 0.3) is 0 Å². The van der Waals surface area contributed by atoms with E-state index >= 15 is 0 Å². The Hall–Kier alpha value is 0.440. The fraction of sp³-hybridized carbons (Fsp3) is 1.00. The molecule has 0 saturated heterocycles. The molecule has 0 aliphatic heterocycles. The van der Waals surface area contributed by atoms with E-state index in [4.69, 9.17) is 12.3 Å². The minimum atomic E-state index is -3.12. The number of unbranched alkanes of at least 4 members (excludes halogenated alkanes) is 13. The van der Waals surface area contributed by atoms with Crippen LogP contribution in [0.3, 0.4) is 0 Å². The number of hydrogen-bond acceptors (Lipinski definition) is 0. The molecule has 0 spiro atoms. The van der Waals surface area contributed by atoms with Crippen molar-refractivity contribution in [2.24, 2.45) is 0 Å². The smallest absolute Gasteiger partial charge is 0.0886 e. The molecule has 1 nitrogen and oxygen atoms in total. The number of hydrogen-bond donors (Lipinski definition) is 0. The van der Waals surface area contributed by atoms with Gasteiger partial charge in [-0.1, -0.05) is 84.0 Å². The molecule has 0 heterocycles. The average molecular weight is 374 g/mol. The van der Waals surface area contributed by atoms with Crippen LogP contribution < -0.4 is 17.0 Å². The Bertz CT molecular complexity index is 384. The van der Waals surface area contributed by atoms with Crippen LogP contribution in [0.2, 0.25) is 0 Å². The molecule has 0 bridgehead atoms. The second-order valence-corrected chi connectivity index (χ2v) is 6.13. The average Bonchev–Trinajstić information content (AvgIpc) is 2.54. The summed E-state index contributed by atoms with van der Waals surface area (Å²) in [5.41, 5.74) is 0. The van der Waals surface area contributed by atoms with Crippen molar-refractivity contribution < 1.29 is 33.8 Å². The molecule has 130 valence electrons. The monoisotopic (exact) mass is 372 g/mol. The zero-order valence-corrected chi connectivity index (χ0v) is 15.5. The van der Waals surface area contributed by atoms with Crippen molar-refractivity contribution in [3.63, 3.8) is 0 Å². The second-order valence-electron chi connectivity index (χ2n) is 6.13. The highest BCUT2D eigenvalue weighted by Gasteiger charge is 2.04. The molecule has 2 heteroatoms. The van der Waals surface area contributed by atoms with Gasteiger partial charge in [-0.25, -0.2) is 0 Å². The van der Waals surface area contributed by atoms with Crippen molar-refractivity contribution in [2.75, 3.05) is 27.5 Å². The molecule has 0 atom stereocenters. The summed E-state index contributed by atoms with van der Waals surface area (Å²) < 4.78 is 66.7. The standard InChI is InChI=1S/C19H42N.BrH/c1-5-6-7-8-9-10-11-12-13-14-15-16-17-18-19-20(2,3)4;/h5-19H2,1-4H3;1H/q+1;/p-1/i2D3,3D3,4D3;. The van der Waals surface area contributed by atoms with Crippen LogP contribution >= 0.6 is 0 Å². The summed E-state index contributed by atoms with van der Waals surface area (Å²) in [5.74, 6) is 0. The summed E-state index contributed by atoms with van der Waals surface area (Å²) >= 11 is 0. The van der Waals surface area contributed by atoms with E-state index in [1.165, 1.54) is 57.8 Å². The number of halogens is 1. The lowest BCUT2D eigenvalue weighted by Gasteiger charge is -2.23. The first-order chi connectivity index (χ1) is 13.3. The van der Waals surface area contributed by atoms with Crippen molar-refractivity contribution in [3.05, 3.63) is 0 Å². The van der Waals surface area contributed by atoms with Crippen LogP contribution in [0.4, 0.5) is 0 Å². The molecular formula is C19H42BrN. The third-order valence-electron chi connectivity index (χ3n) is 3.85. The lowest BCUT2D eigenvalue weighted by atomic mass is 10.0. The zero-order valence-electron chi connectivity index (χ0n) is 22.9. The molecule has 21 heavy (non-hydrogen) atoms. The quantitative estimate of drug-likeness (QED) is 0.306. The SMILES string of the molecule is [2H]C([2H])([2H])[N+](CCCCCCCCCCCCCCCC)(C([2H])([2H])[2H])C([2H])([2H])[2H].[Br-]. The van der Waals surface area contributed by atoms with Gasteiger partial charge in [0.1, 0.15) is 0 Å². The first kappa shape index (κ1) is 11.1. The Balaban J connectivity index is 0. The maximum absolute atomic E-state index is 7.61. The van der Waals surface area contributed by atoms with Crippen molar-refractivity contribution >= 4 is 0 Å². The largest absolute Gasteiger partial charge is 1.00 e. The van der Waals surface area contributed by atoms with Crippen LogP contribution in [-0.4, -0.2) is 32.0 Å². The predicted molar refractivity (Wildman–Crippen MR) is 93.2 cm³/mol. The summed E-state index contributed by atoms with van der Waals surface area (Å²) in [6, 6.07) is 0. The maximum Gasteiger partial charge on any atom is 0.0886 e. The van der Waals surface area contributed by atoms with Gasteiger partial charge in [-0.05, 0) is 12.8 Å². The lowest BCUT2D eigenvalue weighted by Crippen LogP contribution is -3.00. The summed E-state index contributed by atoms with van der Waals surface area (Å²) in [4.78, 5) is 0. The van der Waals surface area contributed by atoms with Crippen molar-refractivity contribution in [2.45, 2.75) is 96.8 Å². The fourth-order valence-electron chi connectivity index (χ4n) is 2.54. The summed E-state index contributed by atoms with van der Waals surface area (Å²) in [6.07, 6.45) is 15.6. The van der Waals surface area contributed by atoms with E-state index in [-0.39, 0.29) is 29.9 Å². The van der Waals surface area contributed by atoms with E-state index in [2.05, 4.69) is 6.92 Å². The molecule has 0 aliphatic rings. The Labute approximate surface area is 158 Å². The van der Waals surface area contributed by atoms with Crippen LogP contribution in [0.15, 0.2) is 0 Å². The van der Waals surface area contributed by atoms with E-state index in [0.29, 0.717) is 6.42 Å². The molecular weight excluding hydrogens is 322 g/mol. The summed E-state index contributed by atoms with van der Waals surface area (Å²) in [6.45, 7) is -7.52. The molecule has 0 saturated carbocycles. The molecule has 0 aromatic rings. The highest BCUT2D eigenvalue weighted by Crippen LogP contribution is 2.13. The number of nitrogens with zero attached hydrogens (tertiary/aromatic N) is 1. The highest BCUT2D eigenvalue weighted by molar-refractivity contribution is 4.49. The Morgan fingerprint density at radius 3 is 1.24 bits per heavy atom. The van der Waals surface area contributed by atoms with Crippen molar-refractivity contribution in [1.29, 1.82) is 0 Å². The Morgan fingerprint density at radius 1 is 0.571 bits per heavy atom. The van der Waals surface area contributed by atoms with Crippen LogP contribution in [0, 0.1) is 0 Å². The van der Waals surface area contributed by atoms with Gasteiger partial charge in [-0.15, -0.1) is 0 Å². The number of rotatable bonds is 15. The fourth-order valence-corrected chi connectivity index (χ4v) is 2.54. The van der Waals surface area contributed by atoms with Crippen LogP contribution in [0.5, 0.6) is 0 Å². The molecule has 0 fully saturated rings. The minimum Gasteiger partial charge on any atom is -1.00 e. The Kier molecular flexibility index (Phi) is 8.86. The van der Waals surface area contributed by atoms with Gasteiger partial charge in [0.05, 0.1) is 39.8 Å². The van der Waals surface area contributed by atoms with Crippen molar-refractivity contribution in [1.82, 2.24) is 0 Å². The van der Waals surface area contributed by atoms with Gasteiger partial charge in [-0.3, -0.25) is 0 Å². The molecule has 0 N–H and O–H groups in total. The first-order valence-corrected chi connectivity index (χ1v) is 8.69.